The zero-order chi connectivity index (χ0) is 15.7. The number of carbonyl (C=O) groups is 2. The minimum atomic E-state index is -0.412. The number of rotatable bonds is 3. The van der Waals surface area contributed by atoms with E-state index in [1.165, 1.54) is 0 Å². The van der Waals surface area contributed by atoms with Crippen molar-refractivity contribution in [1.82, 2.24) is 4.90 Å². The van der Waals surface area contributed by atoms with E-state index < -0.39 is 5.41 Å². The van der Waals surface area contributed by atoms with Gasteiger partial charge in [-0.2, -0.15) is 0 Å². The predicted molar refractivity (Wildman–Crippen MR) is 85.5 cm³/mol. The van der Waals surface area contributed by atoms with Gasteiger partial charge in [-0.25, -0.2) is 0 Å². The maximum Gasteiger partial charge on any atom is 0.233 e. The zero-order valence-electron chi connectivity index (χ0n) is 12.6. The summed E-state index contributed by atoms with van der Waals surface area (Å²) in [5, 5.41) is 0.670. The molecule has 2 aliphatic rings. The van der Waals surface area contributed by atoms with E-state index >= 15 is 0 Å². The second-order valence-corrected chi connectivity index (χ2v) is 6.85. The van der Waals surface area contributed by atoms with Crippen molar-refractivity contribution in [3.63, 3.8) is 0 Å². The number of amides is 2. The molecule has 1 aromatic rings. The Kier molecular flexibility index (Phi) is 4.13. The average Bonchev–Trinajstić information content (AvgIpc) is 2.46. The number of halogens is 1. The molecular formula is C17H21ClN2O2. The van der Waals surface area contributed by atoms with E-state index in [9.17, 15) is 9.59 Å². The molecule has 0 aromatic heterocycles. The number of benzene rings is 1. The van der Waals surface area contributed by atoms with Gasteiger partial charge in [0.2, 0.25) is 11.8 Å². The lowest BCUT2D eigenvalue weighted by atomic mass is 9.63. The van der Waals surface area contributed by atoms with Gasteiger partial charge in [-0.3, -0.25) is 9.59 Å². The zero-order valence-corrected chi connectivity index (χ0v) is 13.3. The van der Waals surface area contributed by atoms with E-state index in [1.54, 1.807) is 0 Å². The highest BCUT2D eigenvalue weighted by Crippen LogP contribution is 2.46. The Morgan fingerprint density at radius 3 is 2.41 bits per heavy atom. The lowest BCUT2D eigenvalue weighted by Crippen LogP contribution is -2.53. The maximum atomic E-state index is 13.1. The van der Waals surface area contributed by atoms with Crippen LogP contribution in [0.25, 0.3) is 0 Å². The van der Waals surface area contributed by atoms with Crippen molar-refractivity contribution in [3.05, 3.63) is 34.9 Å². The van der Waals surface area contributed by atoms with Crippen molar-refractivity contribution in [2.75, 3.05) is 13.1 Å². The van der Waals surface area contributed by atoms with Crippen molar-refractivity contribution in [2.24, 2.45) is 11.7 Å². The molecule has 1 aliphatic heterocycles. The Labute approximate surface area is 135 Å². The third kappa shape index (κ3) is 2.60. The summed E-state index contributed by atoms with van der Waals surface area (Å²) in [6.45, 7) is 1.24. The first-order valence-corrected chi connectivity index (χ1v) is 8.25. The van der Waals surface area contributed by atoms with E-state index in [0.717, 1.165) is 24.8 Å². The van der Waals surface area contributed by atoms with Crippen molar-refractivity contribution in [2.45, 2.75) is 37.5 Å². The van der Waals surface area contributed by atoms with E-state index in [-0.39, 0.29) is 17.7 Å². The number of primary amides is 1. The van der Waals surface area contributed by atoms with Gasteiger partial charge in [-0.1, -0.05) is 30.2 Å². The number of hydrogen-bond acceptors (Lipinski definition) is 2. The van der Waals surface area contributed by atoms with Crippen molar-refractivity contribution in [3.8, 4) is 0 Å². The van der Waals surface area contributed by atoms with Crippen LogP contribution in [0.4, 0.5) is 0 Å². The van der Waals surface area contributed by atoms with Gasteiger partial charge in [-0.05, 0) is 43.4 Å². The van der Waals surface area contributed by atoms with Crippen LogP contribution in [0.3, 0.4) is 0 Å². The summed E-state index contributed by atoms with van der Waals surface area (Å²) in [6.07, 6.45) is 4.17. The van der Waals surface area contributed by atoms with Crippen LogP contribution in [0.1, 0.15) is 37.7 Å². The summed E-state index contributed by atoms with van der Waals surface area (Å²) < 4.78 is 0. The van der Waals surface area contributed by atoms with Gasteiger partial charge in [0.15, 0.2) is 0 Å². The molecule has 118 valence electrons. The molecule has 1 aromatic carbocycles. The summed E-state index contributed by atoms with van der Waals surface area (Å²) in [4.78, 5) is 26.2. The number of likely N-dealkylation sites (tertiary alicyclic amines) is 1. The van der Waals surface area contributed by atoms with Crippen LogP contribution in [0, 0.1) is 5.92 Å². The summed E-state index contributed by atoms with van der Waals surface area (Å²) >= 11 is 6.10. The van der Waals surface area contributed by atoms with E-state index in [0.29, 0.717) is 31.0 Å². The van der Waals surface area contributed by atoms with Gasteiger partial charge >= 0.3 is 0 Å². The van der Waals surface area contributed by atoms with Crippen molar-refractivity contribution >= 4 is 23.4 Å². The Bertz CT molecular complexity index is 590. The van der Waals surface area contributed by atoms with E-state index in [2.05, 4.69) is 0 Å². The molecule has 1 aliphatic carbocycles. The molecule has 2 amide bonds. The molecule has 0 radical (unpaired) electrons. The minimum absolute atomic E-state index is 0.0902. The van der Waals surface area contributed by atoms with Crippen LogP contribution >= 0.6 is 11.6 Å². The highest BCUT2D eigenvalue weighted by atomic mass is 35.5. The summed E-state index contributed by atoms with van der Waals surface area (Å²) in [5.41, 5.74) is 5.97. The monoisotopic (exact) mass is 320 g/mol. The lowest BCUT2D eigenvalue weighted by Gasteiger charge is -2.45. The van der Waals surface area contributed by atoms with Gasteiger partial charge in [0.1, 0.15) is 0 Å². The first-order valence-electron chi connectivity index (χ1n) is 7.88. The molecule has 3 rings (SSSR count). The molecule has 2 fully saturated rings. The maximum absolute atomic E-state index is 13.1. The smallest absolute Gasteiger partial charge is 0.233 e. The van der Waals surface area contributed by atoms with Gasteiger partial charge in [-0.15, -0.1) is 0 Å². The molecule has 5 heteroatoms. The highest BCUT2D eigenvalue weighted by molar-refractivity contribution is 6.30. The Balaban J connectivity index is 1.77. The van der Waals surface area contributed by atoms with Gasteiger partial charge < -0.3 is 10.6 Å². The molecular weight excluding hydrogens is 300 g/mol. The first-order chi connectivity index (χ1) is 10.5. The van der Waals surface area contributed by atoms with Gasteiger partial charge in [0.05, 0.1) is 5.41 Å². The second kappa shape index (κ2) is 5.92. The molecule has 0 bridgehead atoms. The number of nitrogens with zero attached hydrogens (tertiary/aromatic N) is 1. The van der Waals surface area contributed by atoms with Gasteiger partial charge in [0.25, 0.3) is 0 Å². The summed E-state index contributed by atoms with van der Waals surface area (Å²) in [6, 6.07) is 7.65. The fraction of sp³-hybridized carbons (Fsp3) is 0.529. The van der Waals surface area contributed by atoms with Crippen LogP contribution in [0.2, 0.25) is 5.02 Å². The highest BCUT2D eigenvalue weighted by Gasteiger charge is 2.48. The third-order valence-corrected chi connectivity index (χ3v) is 5.41. The first kappa shape index (κ1) is 15.3. The van der Waals surface area contributed by atoms with Crippen molar-refractivity contribution in [1.29, 1.82) is 0 Å². The molecule has 2 N–H and O–H groups in total. The molecule has 1 saturated carbocycles. The van der Waals surface area contributed by atoms with Crippen LogP contribution < -0.4 is 5.73 Å². The Morgan fingerprint density at radius 2 is 1.91 bits per heavy atom. The SMILES string of the molecule is NC(=O)C1CCN(C(=O)C2(c3cccc(Cl)c3)CCC2)CC1. The number of hydrogen-bond donors (Lipinski definition) is 1. The number of piperidine rings is 1. The van der Waals surface area contributed by atoms with Crippen molar-refractivity contribution < 1.29 is 9.59 Å². The normalized spacial score (nSPS) is 21.2. The number of nitrogens with two attached hydrogens (primary N) is 1. The molecule has 1 saturated heterocycles. The van der Waals surface area contributed by atoms with E-state index in [1.807, 2.05) is 29.2 Å². The van der Waals surface area contributed by atoms with Crippen LogP contribution in [-0.4, -0.2) is 29.8 Å². The Morgan fingerprint density at radius 1 is 1.23 bits per heavy atom. The Hall–Kier alpha value is -1.55. The number of carbonyl (C=O) groups excluding carboxylic acids is 2. The third-order valence-electron chi connectivity index (χ3n) is 5.18. The fourth-order valence-electron chi connectivity index (χ4n) is 3.61. The standard InChI is InChI=1S/C17H21ClN2O2/c18-14-4-1-3-13(11-14)17(7-2-8-17)16(22)20-9-5-12(6-10-20)15(19)21/h1,3-4,11-12H,2,5-10H2,(H2,19,21). The molecule has 0 unspecified atom stereocenters. The van der Waals surface area contributed by atoms with Gasteiger partial charge in [0, 0.05) is 24.0 Å². The molecule has 0 spiro atoms. The van der Waals surface area contributed by atoms with Crippen LogP contribution in [-0.2, 0) is 15.0 Å². The topological polar surface area (TPSA) is 63.4 Å². The quantitative estimate of drug-likeness (QED) is 0.930. The fourth-order valence-corrected chi connectivity index (χ4v) is 3.80. The molecule has 4 nitrogen and oxygen atoms in total. The largest absolute Gasteiger partial charge is 0.369 e. The average molecular weight is 321 g/mol. The summed E-state index contributed by atoms with van der Waals surface area (Å²) in [7, 11) is 0. The lowest BCUT2D eigenvalue weighted by molar-refractivity contribution is -0.143. The second-order valence-electron chi connectivity index (χ2n) is 6.41. The predicted octanol–water partition coefficient (Wildman–Crippen LogP) is 2.49. The van der Waals surface area contributed by atoms with E-state index in [4.69, 9.17) is 17.3 Å². The molecule has 0 atom stereocenters. The molecule has 1 heterocycles. The van der Waals surface area contributed by atoms with Crippen LogP contribution in [0.5, 0.6) is 0 Å². The minimum Gasteiger partial charge on any atom is -0.369 e. The summed E-state index contributed by atoms with van der Waals surface area (Å²) in [5.74, 6) is -0.156. The molecule has 22 heavy (non-hydrogen) atoms. The van der Waals surface area contributed by atoms with Crippen LogP contribution in [0.15, 0.2) is 24.3 Å².